The van der Waals surface area contributed by atoms with E-state index in [1.54, 1.807) is 6.07 Å². The van der Waals surface area contributed by atoms with Gasteiger partial charge in [-0.15, -0.1) is 48.0 Å². The van der Waals surface area contributed by atoms with E-state index in [1.807, 2.05) is 24.3 Å². The fourth-order valence-corrected chi connectivity index (χ4v) is 12.6. The van der Waals surface area contributed by atoms with E-state index in [1.165, 1.54) is 84.7 Å². The van der Waals surface area contributed by atoms with E-state index in [2.05, 4.69) is 234 Å². The first-order valence-electron chi connectivity index (χ1n) is 29.9. The number of aryl methyl sites for hydroxylation is 4. The summed E-state index contributed by atoms with van der Waals surface area (Å²) in [4.78, 5) is 10.3. The summed E-state index contributed by atoms with van der Waals surface area (Å²) in [6.07, 6.45) is 4.11. The largest absolute Gasteiger partial charge is 0.501 e. The van der Waals surface area contributed by atoms with Crippen molar-refractivity contribution in [3.05, 3.63) is 263 Å². The average molecular weight is 1290 g/mol. The second kappa shape index (κ2) is 23.9. The first kappa shape index (κ1) is 57.0. The molecule has 4 aliphatic carbocycles. The van der Waals surface area contributed by atoms with Crippen LogP contribution in [0.3, 0.4) is 0 Å². The number of aromatic nitrogens is 4. The zero-order valence-corrected chi connectivity index (χ0v) is 52.0. The molecule has 0 fully saturated rings. The minimum absolute atomic E-state index is 0. The molecule has 0 aliphatic heterocycles. The molecule has 3 heterocycles. The van der Waals surface area contributed by atoms with Crippen molar-refractivity contribution < 1.29 is 28.9 Å². The van der Waals surface area contributed by atoms with Crippen LogP contribution in [0.2, 0.25) is 0 Å². The third-order valence-corrected chi connectivity index (χ3v) is 17.0. The average Bonchev–Trinajstić information content (AvgIpc) is 1.84. The van der Waals surface area contributed by atoms with Crippen molar-refractivity contribution in [2.45, 2.75) is 105 Å². The second-order valence-electron chi connectivity index (χ2n) is 23.9. The molecule has 4 bridgehead atoms. The zero-order valence-electron chi connectivity index (χ0n) is 49.6. The third kappa shape index (κ3) is 10.9. The van der Waals surface area contributed by atoms with E-state index in [0.717, 1.165) is 98.0 Å². The SMILES string of the molecule is CC(C)c1cc(-c2cc3ccc2CCc2ccc(cc2)CC3)cc(C(C)C)c1-n1c(-c2[c-]ccc3c2oc2cc(-c4ccccc4)ccc23)nc2ccccc21.CC(C)c1cccc(C(C)C)c1-n1c(-c2[c-]cc(F)cc2)nc2ccccc21.[Ir]. The number of benzene rings is 10. The van der Waals surface area contributed by atoms with E-state index in [0.29, 0.717) is 11.8 Å². The van der Waals surface area contributed by atoms with Crippen LogP contribution in [0.4, 0.5) is 4.39 Å². The Morgan fingerprint density at radius 3 is 1.65 bits per heavy atom. The van der Waals surface area contributed by atoms with E-state index in [-0.39, 0.29) is 37.8 Å². The molecule has 4 aliphatic rings. The van der Waals surface area contributed by atoms with Gasteiger partial charge in [-0.05, 0) is 159 Å². The van der Waals surface area contributed by atoms with Gasteiger partial charge in [0, 0.05) is 42.7 Å². The van der Waals surface area contributed by atoms with Crippen LogP contribution in [0.15, 0.2) is 205 Å². The van der Waals surface area contributed by atoms with Crippen molar-refractivity contribution in [1.29, 1.82) is 0 Å². The van der Waals surface area contributed by atoms with Crippen LogP contribution in [0.5, 0.6) is 0 Å². The monoisotopic (exact) mass is 1290 g/mol. The van der Waals surface area contributed by atoms with Gasteiger partial charge < -0.3 is 13.6 Å². The number of furan rings is 1. The van der Waals surface area contributed by atoms with Crippen LogP contribution in [0.25, 0.3) is 100 Å². The molecule has 0 atom stereocenters. The molecule has 0 saturated heterocycles. The Morgan fingerprint density at radius 1 is 0.459 bits per heavy atom. The second-order valence-corrected chi connectivity index (χ2v) is 23.9. The van der Waals surface area contributed by atoms with Crippen molar-refractivity contribution in [3.8, 4) is 56.4 Å². The molecule has 3 aromatic heterocycles. The minimum atomic E-state index is -0.295. The zero-order chi connectivity index (χ0) is 57.8. The Kier molecular flexibility index (Phi) is 16.0. The van der Waals surface area contributed by atoms with Gasteiger partial charge in [-0.2, -0.15) is 0 Å². The van der Waals surface area contributed by atoms with E-state index < -0.39 is 0 Å². The summed E-state index contributed by atoms with van der Waals surface area (Å²) in [7, 11) is 0. The Morgan fingerprint density at radius 2 is 1.02 bits per heavy atom. The number of nitrogens with zero attached hydrogens (tertiary/aromatic N) is 4. The molecule has 10 aromatic carbocycles. The Labute approximate surface area is 512 Å². The number of hydrogen-bond acceptors (Lipinski definition) is 3. The molecule has 7 heteroatoms. The van der Waals surface area contributed by atoms with Gasteiger partial charge in [0.05, 0.1) is 39.3 Å². The number of imidazole rings is 2. The summed E-state index contributed by atoms with van der Waals surface area (Å²) in [5.41, 5.74) is 25.4. The predicted octanol–water partition coefficient (Wildman–Crippen LogP) is 20.7. The molecular formula is C78H69FIrN4O-2. The minimum Gasteiger partial charge on any atom is -0.501 e. The van der Waals surface area contributed by atoms with Crippen molar-refractivity contribution >= 4 is 44.0 Å². The van der Waals surface area contributed by atoms with Crippen molar-refractivity contribution in [1.82, 2.24) is 19.1 Å². The Bertz CT molecular complexity index is 4510. The van der Waals surface area contributed by atoms with Crippen molar-refractivity contribution in [2.24, 2.45) is 0 Å². The molecule has 1 radical (unpaired) electrons. The molecule has 13 aromatic rings. The molecule has 5 nitrogen and oxygen atoms in total. The summed E-state index contributed by atoms with van der Waals surface area (Å²) in [5, 5.41) is 2.16. The maximum Gasteiger partial charge on any atom is 0.121 e. The molecule has 0 spiro atoms. The van der Waals surface area contributed by atoms with Gasteiger partial charge in [0.25, 0.3) is 0 Å². The topological polar surface area (TPSA) is 48.8 Å². The molecular weight excluding hydrogens is 1220 g/mol. The van der Waals surface area contributed by atoms with Crippen LogP contribution in [0.1, 0.15) is 124 Å². The summed E-state index contributed by atoms with van der Waals surface area (Å²) >= 11 is 0. The fraction of sp³-hybridized carbons (Fsp3) is 0.205. The molecule has 425 valence electrons. The van der Waals surface area contributed by atoms with Gasteiger partial charge in [0.1, 0.15) is 5.58 Å². The van der Waals surface area contributed by atoms with Crippen LogP contribution in [0, 0.1) is 17.9 Å². The number of rotatable bonds is 10. The Balaban J connectivity index is 0.000000206. The van der Waals surface area contributed by atoms with Gasteiger partial charge in [-0.3, -0.25) is 14.4 Å². The Hall–Kier alpha value is -8.48. The van der Waals surface area contributed by atoms with Crippen molar-refractivity contribution in [2.75, 3.05) is 0 Å². The molecule has 0 amide bonds. The van der Waals surface area contributed by atoms with Crippen LogP contribution >= 0.6 is 0 Å². The first-order valence-corrected chi connectivity index (χ1v) is 29.9. The van der Waals surface area contributed by atoms with Crippen LogP contribution in [-0.4, -0.2) is 19.1 Å². The number of hydrogen-bond donors (Lipinski definition) is 0. The maximum atomic E-state index is 13.5. The summed E-state index contributed by atoms with van der Waals surface area (Å²) < 4.78 is 25.0. The number of para-hydroxylation sites is 5. The quantitative estimate of drug-likeness (QED) is 0.128. The van der Waals surface area contributed by atoms with Gasteiger partial charge in [0.15, 0.2) is 0 Å². The smallest absolute Gasteiger partial charge is 0.121 e. The van der Waals surface area contributed by atoms with E-state index in [9.17, 15) is 4.39 Å². The molecule has 85 heavy (non-hydrogen) atoms. The van der Waals surface area contributed by atoms with Gasteiger partial charge in [0.2, 0.25) is 0 Å². The summed E-state index contributed by atoms with van der Waals surface area (Å²) in [6, 6.07) is 77.1. The predicted molar refractivity (Wildman–Crippen MR) is 346 cm³/mol. The third-order valence-electron chi connectivity index (χ3n) is 17.0. The summed E-state index contributed by atoms with van der Waals surface area (Å²) in [5.74, 6) is 2.58. The normalized spacial score (nSPS) is 12.4. The molecule has 0 saturated carbocycles. The molecule has 17 rings (SSSR count). The number of halogens is 1. The molecule has 0 N–H and O–H groups in total. The standard InChI is InChI=1S/C53H45N2O.C25H24FN2.Ir/c1-33(2)45-30-41(47-29-37-22-21-35-17-19-36(20-18-35)23-25-39(47)26-24-37)31-46(34(3)4)51(45)55-49-16-9-8-15-48(49)54-53(55)44-14-10-13-43-42-28-27-40(32-50(42)56-52(43)44)38-11-6-5-7-12-38;1-16(2)20-8-7-9-21(17(3)4)24(20)28-23-11-6-5-10-22(23)27-25(28)18-12-14-19(26)15-13-18;/h5-13,15-20,24,26-34H,21-23,25H2,1-4H3;5-12,14-17H,1-4H3;/q2*-1;. The van der Waals surface area contributed by atoms with Crippen molar-refractivity contribution in [3.63, 3.8) is 0 Å². The number of fused-ring (bicyclic) bond motifs is 5. The maximum absolute atomic E-state index is 13.5. The van der Waals surface area contributed by atoms with Gasteiger partial charge in [-0.1, -0.05) is 194 Å². The molecule has 0 unspecified atom stereocenters. The first-order chi connectivity index (χ1) is 40.9. The fourth-order valence-electron chi connectivity index (χ4n) is 12.6. The van der Waals surface area contributed by atoms with E-state index in [4.69, 9.17) is 14.4 Å². The van der Waals surface area contributed by atoms with Crippen LogP contribution < -0.4 is 0 Å². The van der Waals surface area contributed by atoms with Crippen LogP contribution in [-0.2, 0) is 45.8 Å². The van der Waals surface area contributed by atoms with E-state index >= 15 is 0 Å². The summed E-state index contributed by atoms with van der Waals surface area (Å²) in [6.45, 7) is 18.2. The van der Waals surface area contributed by atoms with Gasteiger partial charge >= 0.3 is 0 Å². The van der Waals surface area contributed by atoms with Gasteiger partial charge in [-0.25, -0.2) is 0 Å².